The van der Waals surface area contributed by atoms with Crippen molar-refractivity contribution in [3.05, 3.63) is 34.3 Å². The first-order valence-electron chi connectivity index (χ1n) is 3.74. The lowest BCUT2D eigenvalue weighted by Crippen LogP contribution is -1.97. The van der Waals surface area contributed by atoms with Gasteiger partial charge in [-0.2, -0.15) is 0 Å². The van der Waals surface area contributed by atoms with Crippen molar-refractivity contribution in [2.24, 2.45) is 0 Å². The molecule has 0 saturated heterocycles. The third-order valence-corrected chi connectivity index (χ3v) is 2.20. The molecule has 1 aromatic carbocycles. The van der Waals surface area contributed by atoms with Crippen LogP contribution in [0.4, 0.5) is 0 Å². The van der Waals surface area contributed by atoms with E-state index >= 15 is 0 Å². The van der Waals surface area contributed by atoms with Gasteiger partial charge in [0.25, 0.3) is 0 Å². The largest absolute Gasteiger partial charge is 0.352 e. The van der Waals surface area contributed by atoms with E-state index in [-0.39, 0.29) is 6.29 Å². The van der Waals surface area contributed by atoms with Gasteiger partial charge in [-0.15, -0.1) is 0 Å². The first kappa shape index (κ1) is 8.05. The quantitative estimate of drug-likeness (QED) is 0.668. The van der Waals surface area contributed by atoms with E-state index in [0.29, 0.717) is 6.61 Å². The molecule has 1 aromatic rings. The predicted molar refractivity (Wildman–Crippen MR) is 46.0 cm³/mol. The van der Waals surface area contributed by atoms with Crippen molar-refractivity contribution in [1.29, 1.82) is 0 Å². The van der Waals surface area contributed by atoms with Crippen LogP contribution in [-0.2, 0) is 16.1 Å². The van der Waals surface area contributed by atoms with E-state index in [4.69, 9.17) is 21.1 Å². The standard InChI is InChI=1S/C9H9ClO2/c1-11-9-8-3-2-7(10)4-6(8)5-12-9/h2-4,9H,5H2,1H3. The number of hydrogen-bond acceptors (Lipinski definition) is 2. The number of ether oxygens (including phenoxy) is 2. The summed E-state index contributed by atoms with van der Waals surface area (Å²) >= 11 is 5.82. The summed E-state index contributed by atoms with van der Waals surface area (Å²) in [4.78, 5) is 0. The first-order valence-corrected chi connectivity index (χ1v) is 4.12. The number of benzene rings is 1. The van der Waals surface area contributed by atoms with Gasteiger partial charge in [-0.1, -0.05) is 17.7 Å². The molecular formula is C9H9ClO2. The van der Waals surface area contributed by atoms with Crippen molar-refractivity contribution in [2.45, 2.75) is 12.9 Å². The topological polar surface area (TPSA) is 18.5 Å². The van der Waals surface area contributed by atoms with Crippen LogP contribution in [0.3, 0.4) is 0 Å². The Morgan fingerprint density at radius 1 is 1.58 bits per heavy atom. The fraction of sp³-hybridized carbons (Fsp3) is 0.333. The Bertz CT molecular complexity index is 299. The molecule has 64 valence electrons. The van der Waals surface area contributed by atoms with Crippen LogP contribution >= 0.6 is 11.6 Å². The second-order valence-electron chi connectivity index (χ2n) is 2.72. The number of fused-ring (bicyclic) bond motifs is 1. The Morgan fingerprint density at radius 3 is 3.17 bits per heavy atom. The zero-order valence-electron chi connectivity index (χ0n) is 6.71. The molecule has 0 aliphatic carbocycles. The van der Waals surface area contributed by atoms with Gasteiger partial charge in [-0.25, -0.2) is 0 Å². The van der Waals surface area contributed by atoms with Gasteiger partial charge in [0.1, 0.15) is 0 Å². The Labute approximate surface area is 76.1 Å². The molecule has 1 aliphatic heterocycles. The van der Waals surface area contributed by atoms with Crippen molar-refractivity contribution < 1.29 is 9.47 Å². The van der Waals surface area contributed by atoms with Gasteiger partial charge in [-0.05, 0) is 17.7 Å². The van der Waals surface area contributed by atoms with Gasteiger partial charge in [-0.3, -0.25) is 0 Å². The highest BCUT2D eigenvalue weighted by Crippen LogP contribution is 2.32. The minimum Gasteiger partial charge on any atom is -0.352 e. The molecule has 0 bridgehead atoms. The van der Waals surface area contributed by atoms with Gasteiger partial charge in [0.05, 0.1) is 6.61 Å². The highest BCUT2D eigenvalue weighted by atomic mass is 35.5. The van der Waals surface area contributed by atoms with Crippen LogP contribution in [0.1, 0.15) is 17.4 Å². The van der Waals surface area contributed by atoms with Crippen LogP contribution in [-0.4, -0.2) is 7.11 Å². The summed E-state index contributed by atoms with van der Waals surface area (Å²) in [5.74, 6) is 0. The number of halogens is 1. The molecule has 3 heteroatoms. The Balaban J connectivity index is 2.40. The molecule has 12 heavy (non-hydrogen) atoms. The van der Waals surface area contributed by atoms with E-state index in [1.807, 2.05) is 18.2 Å². The number of rotatable bonds is 1. The predicted octanol–water partition coefficient (Wildman–Crippen LogP) is 2.52. The maximum Gasteiger partial charge on any atom is 0.184 e. The molecule has 0 radical (unpaired) electrons. The van der Waals surface area contributed by atoms with E-state index in [9.17, 15) is 0 Å². The van der Waals surface area contributed by atoms with Crippen LogP contribution in [0.2, 0.25) is 5.02 Å². The number of hydrogen-bond donors (Lipinski definition) is 0. The lowest BCUT2D eigenvalue weighted by molar-refractivity contribution is -0.118. The highest BCUT2D eigenvalue weighted by molar-refractivity contribution is 6.30. The molecule has 0 amide bonds. The molecule has 1 heterocycles. The van der Waals surface area contributed by atoms with Gasteiger partial charge >= 0.3 is 0 Å². The second-order valence-corrected chi connectivity index (χ2v) is 3.16. The van der Waals surface area contributed by atoms with E-state index in [1.165, 1.54) is 0 Å². The van der Waals surface area contributed by atoms with Crippen LogP contribution in [0.15, 0.2) is 18.2 Å². The van der Waals surface area contributed by atoms with Crippen LogP contribution in [0.5, 0.6) is 0 Å². The molecule has 1 unspecified atom stereocenters. The first-order chi connectivity index (χ1) is 5.81. The van der Waals surface area contributed by atoms with E-state index in [0.717, 1.165) is 16.1 Å². The molecule has 1 atom stereocenters. The smallest absolute Gasteiger partial charge is 0.184 e. The summed E-state index contributed by atoms with van der Waals surface area (Å²) in [6, 6.07) is 5.70. The molecule has 2 rings (SSSR count). The average molecular weight is 185 g/mol. The maximum atomic E-state index is 5.82. The van der Waals surface area contributed by atoms with Crippen LogP contribution in [0.25, 0.3) is 0 Å². The molecule has 0 N–H and O–H groups in total. The SMILES string of the molecule is COC1OCc2cc(Cl)ccc21. The molecule has 1 aliphatic rings. The zero-order chi connectivity index (χ0) is 8.55. The van der Waals surface area contributed by atoms with Crippen molar-refractivity contribution in [3.63, 3.8) is 0 Å². The van der Waals surface area contributed by atoms with Crippen molar-refractivity contribution in [2.75, 3.05) is 7.11 Å². The molecule has 2 nitrogen and oxygen atoms in total. The van der Waals surface area contributed by atoms with Crippen molar-refractivity contribution in [3.8, 4) is 0 Å². The lowest BCUT2D eigenvalue weighted by Gasteiger charge is -2.07. The summed E-state index contributed by atoms with van der Waals surface area (Å²) in [5.41, 5.74) is 2.20. The minimum absolute atomic E-state index is 0.211. The Hall–Kier alpha value is -0.570. The fourth-order valence-corrected chi connectivity index (χ4v) is 1.57. The molecule has 0 saturated carbocycles. The van der Waals surface area contributed by atoms with Crippen molar-refractivity contribution in [1.82, 2.24) is 0 Å². The molecular weight excluding hydrogens is 176 g/mol. The third kappa shape index (κ3) is 1.22. The second kappa shape index (κ2) is 3.05. The maximum absolute atomic E-state index is 5.82. The molecule has 0 aromatic heterocycles. The summed E-state index contributed by atoms with van der Waals surface area (Å²) < 4.78 is 10.5. The van der Waals surface area contributed by atoms with E-state index in [1.54, 1.807) is 7.11 Å². The summed E-state index contributed by atoms with van der Waals surface area (Å²) in [7, 11) is 1.63. The van der Waals surface area contributed by atoms with Crippen molar-refractivity contribution >= 4 is 11.6 Å². The summed E-state index contributed by atoms with van der Waals surface area (Å²) in [6.45, 7) is 0.592. The van der Waals surface area contributed by atoms with Gasteiger partial charge < -0.3 is 9.47 Å². The molecule has 0 fully saturated rings. The monoisotopic (exact) mass is 184 g/mol. The van der Waals surface area contributed by atoms with Gasteiger partial charge in [0, 0.05) is 17.7 Å². The third-order valence-electron chi connectivity index (χ3n) is 1.96. The minimum atomic E-state index is -0.211. The fourth-order valence-electron chi connectivity index (χ4n) is 1.38. The van der Waals surface area contributed by atoms with Gasteiger partial charge in [0.2, 0.25) is 0 Å². The number of methoxy groups -OCH3 is 1. The summed E-state index contributed by atoms with van der Waals surface area (Å²) in [5, 5.41) is 0.745. The summed E-state index contributed by atoms with van der Waals surface area (Å²) in [6.07, 6.45) is -0.211. The van der Waals surface area contributed by atoms with Gasteiger partial charge in [0.15, 0.2) is 6.29 Å². The van der Waals surface area contributed by atoms with E-state index in [2.05, 4.69) is 0 Å². The Morgan fingerprint density at radius 2 is 2.42 bits per heavy atom. The van der Waals surface area contributed by atoms with E-state index < -0.39 is 0 Å². The molecule has 0 spiro atoms. The Kier molecular flexibility index (Phi) is 2.05. The lowest BCUT2D eigenvalue weighted by atomic mass is 10.1. The van der Waals surface area contributed by atoms with Crippen LogP contribution in [0, 0.1) is 0 Å². The average Bonchev–Trinajstić information content (AvgIpc) is 2.46. The normalized spacial score (nSPS) is 21.0. The zero-order valence-corrected chi connectivity index (χ0v) is 7.47. The van der Waals surface area contributed by atoms with Crippen LogP contribution < -0.4 is 0 Å². The highest BCUT2D eigenvalue weighted by Gasteiger charge is 2.22.